The number of piperidine rings is 1. The number of imidazole rings is 1. The van der Waals surface area contributed by atoms with E-state index in [-0.39, 0.29) is 11.9 Å². The van der Waals surface area contributed by atoms with Crippen molar-refractivity contribution in [1.29, 1.82) is 5.26 Å². The van der Waals surface area contributed by atoms with E-state index in [1.165, 1.54) is 37.7 Å². The highest BCUT2D eigenvalue weighted by atomic mass is 16.1. The van der Waals surface area contributed by atoms with E-state index in [9.17, 15) is 4.79 Å². The molecule has 0 spiro atoms. The normalized spacial score (nSPS) is 13.1. The van der Waals surface area contributed by atoms with Crippen LogP contribution in [0.3, 0.4) is 0 Å². The lowest BCUT2D eigenvalue weighted by atomic mass is 10.1. The van der Waals surface area contributed by atoms with Crippen LogP contribution in [0.15, 0.2) is 43.2 Å². The summed E-state index contributed by atoms with van der Waals surface area (Å²) in [5.41, 5.74) is 8.30. The van der Waals surface area contributed by atoms with Gasteiger partial charge in [0.05, 0.1) is 29.0 Å². The number of carbonyl (C=O) groups is 1. The van der Waals surface area contributed by atoms with Gasteiger partial charge in [-0.15, -0.1) is 0 Å². The Bertz CT molecular complexity index is 1070. The molecule has 1 aliphatic heterocycles. The lowest BCUT2D eigenvalue weighted by molar-refractivity contribution is -0.111. The van der Waals surface area contributed by atoms with Gasteiger partial charge in [-0.1, -0.05) is 6.58 Å². The van der Waals surface area contributed by atoms with Crippen LogP contribution in [0, 0.1) is 11.3 Å². The molecule has 9 heteroatoms. The van der Waals surface area contributed by atoms with Crippen molar-refractivity contribution in [3.63, 3.8) is 0 Å². The van der Waals surface area contributed by atoms with E-state index in [2.05, 4.69) is 31.3 Å². The van der Waals surface area contributed by atoms with Gasteiger partial charge >= 0.3 is 0 Å². The van der Waals surface area contributed by atoms with Crippen LogP contribution in [-0.2, 0) is 11.8 Å². The monoisotopic (exact) mass is 404 g/mol. The minimum atomic E-state index is -0.207. The average Bonchev–Trinajstić information content (AvgIpc) is 3.11. The van der Waals surface area contributed by atoms with Crippen LogP contribution in [0.25, 0.3) is 11.0 Å². The first-order valence-corrected chi connectivity index (χ1v) is 9.64. The second-order valence-electron chi connectivity index (χ2n) is 6.86. The molecular formula is C21H24N8O. The van der Waals surface area contributed by atoms with Crippen LogP contribution in [0.5, 0.6) is 0 Å². The summed E-state index contributed by atoms with van der Waals surface area (Å²) in [5.74, 6) is 0.993. The zero-order valence-electron chi connectivity index (χ0n) is 16.9. The highest BCUT2D eigenvalue weighted by molar-refractivity contribution is 6.00. The molecule has 4 rings (SSSR count). The van der Waals surface area contributed by atoms with Crippen molar-refractivity contribution in [3.05, 3.63) is 48.8 Å². The van der Waals surface area contributed by atoms with E-state index in [1.807, 2.05) is 31.3 Å². The largest absolute Gasteiger partial charge is 0.368 e. The molecular weight excluding hydrogens is 380 g/mol. The number of amides is 1. The molecule has 1 fully saturated rings. The third kappa shape index (κ3) is 4.91. The van der Waals surface area contributed by atoms with Gasteiger partial charge < -0.3 is 20.5 Å². The molecule has 1 aliphatic rings. The van der Waals surface area contributed by atoms with E-state index < -0.39 is 0 Å². The van der Waals surface area contributed by atoms with Crippen molar-refractivity contribution in [2.24, 2.45) is 7.05 Å². The molecule has 0 aliphatic carbocycles. The maximum Gasteiger partial charge on any atom is 0.247 e. The maximum atomic E-state index is 11.4. The summed E-state index contributed by atoms with van der Waals surface area (Å²) >= 11 is 0. The van der Waals surface area contributed by atoms with Gasteiger partial charge in [0.15, 0.2) is 0 Å². The Balaban J connectivity index is 0.000000239. The van der Waals surface area contributed by atoms with Crippen molar-refractivity contribution in [2.75, 3.05) is 29.0 Å². The number of fused-ring (bicyclic) bond motifs is 1. The molecule has 9 nitrogen and oxygen atoms in total. The van der Waals surface area contributed by atoms with Gasteiger partial charge in [-0.2, -0.15) is 5.26 Å². The Kier molecular flexibility index (Phi) is 6.60. The highest BCUT2D eigenvalue weighted by Crippen LogP contribution is 2.26. The van der Waals surface area contributed by atoms with Crippen molar-refractivity contribution < 1.29 is 4.79 Å². The number of aryl methyl sites for hydroxylation is 1. The molecule has 154 valence electrons. The standard InChI is InChI=1S/C16H20N4O.C5H4N4/c1-3-15(21)17-12-7-8-14-13(11-12)18-16(19(14)2)20-9-5-4-6-10-20;6-1-4-2-8-5(7)9-3-4/h3,7-8,11H,1,4-6,9-10H2,2H3,(H,17,21);2-3H,(H2,7,8,9). The Morgan fingerprint density at radius 1 is 1.27 bits per heavy atom. The number of nitrogens with zero attached hydrogens (tertiary/aromatic N) is 6. The number of carbonyl (C=O) groups excluding carboxylic acids is 1. The van der Waals surface area contributed by atoms with Gasteiger partial charge in [-0.25, -0.2) is 15.0 Å². The highest BCUT2D eigenvalue weighted by Gasteiger charge is 2.17. The molecule has 30 heavy (non-hydrogen) atoms. The molecule has 3 N–H and O–H groups in total. The molecule has 3 aromatic rings. The van der Waals surface area contributed by atoms with Gasteiger partial charge in [-0.05, 0) is 43.5 Å². The van der Waals surface area contributed by atoms with Crippen LogP contribution in [0.1, 0.15) is 24.8 Å². The van der Waals surface area contributed by atoms with Gasteiger partial charge in [-0.3, -0.25) is 4.79 Å². The van der Waals surface area contributed by atoms with E-state index in [1.54, 1.807) is 0 Å². The average molecular weight is 404 g/mol. The topological polar surface area (TPSA) is 126 Å². The Morgan fingerprint density at radius 3 is 2.60 bits per heavy atom. The van der Waals surface area contributed by atoms with Gasteiger partial charge in [0.25, 0.3) is 0 Å². The lowest BCUT2D eigenvalue weighted by Gasteiger charge is -2.27. The first-order chi connectivity index (χ1) is 14.5. The summed E-state index contributed by atoms with van der Waals surface area (Å²) in [6.07, 6.45) is 7.78. The molecule has 1 aromatic carbocycles. The van der Waals surface area contributed by atoms with Crippen molar-refractivity contribution in [3.8, 4) is 6.07 Å². The molecule has 2 aromatic heterocycles. The number of nitrogens with two attached hydrogens (primary N) is 1. The molecule has 0 bridgehead atoms. The van der Waals surface area contributed by atoms with Crippen molar-refractivity contribution in [2.45, 2.75) is 19.3 Å². The Hall–Kier alpha value is -3.93. The van der Waals surface area contributed by atoms with Crippen LogP contribution in [0.4, 0.5) is 17.6 Å². The summed E-state index contributed by atoms with van der Waals surface area (Å²) in [6, 6.07) is 7.67. The van der Waals surface area contributed by atoms with Crippen LogP contribution < -0.4 is 16.0 Å². The third-order valence-electron chi connectivity index (χ3n) is 4.75. The number of nitriles is 1. The van der Waals surface area contributed by atoms with E-state index in [0.29, 0.717) is 5.56 Å². The molecule has 0 unspecified atom stereocenters. The summed E-state index contributed by atoms with van der Waals surface area (Å²) in [6.45, 7) is 5.59. The van der Waals surface area contributed by atoms with E-state index in [4.69, 9.17) is 16.0 Å². The smallest absolute Gasteiger partial charge is 0.247 e. The molecule has 3 heterocycles. The predicted octanol–water partition coefficient (Wildman–Crippen LogP) is 2.62. The fourth-order valence-electron chi connectivity index (χ4n) is 3.23. The van der Waals surface area contributed by atoms with Gasteiger partial charge in [0, 0.05) is 25.8 Å². The fourth-order valence-corrected chi connectivity index (χ4v) is 3.23. The number of nitrogens with one attached hydrogen (secondary N) is 1. The zero-order valence-corrected chi connectivity index (χ0v) is 16.9. The first-order valence-electron chi connectivity index (χ1n) is 9.64. The van der Waals surface area contributed by atoms with Gasteiger partial charge in [0.2, 0.25) is 17.8 Å². The summed E-state index contributed by atoms with van der Waals surface area (Å²) in [5, 5.41) is 11.0. The second-order valence-corrected chi connectivity index (χ2v) is 6.86. The van der Waals surface area contributed by atoms with E-state index >= 15 is 0 Å². The minimum Gasteiger partial charge on any atom is -0.368 e. The van der Waals surface area contributed by atoms with Gasteiger partial charge in [0.1, 0.15) is 6.07 Å². The summed E-state index contributed by atoms with van der Waals surface area (Å²) in [7, 11) is 2.04. The number of hydrogen-bond donors (Lipinski definition) is 2. The summed E-state index contributed by atoms with van der Waals surface area (Å²) < 4.78 is 2.12. The molecule has 1 saturated heterocycles. The van der Waals surface area contributed by atoms with Crippen molar-refractivity contribution >= 4 is 34.5 Å². The number of nitrogen functional groups attached to an aromatic ring is 1. The number of anilines is 3. The SMILES string of the molecule is C=CC(=O)Nc1ccc2c(c1)nc(N1CCCCC1)n2C.N#Cc1cnc(N)nc1. The Morgan fingerprint density at radius 2 is 1.97 bits per heavy atom. The minimum absolute atomic E-state index is 0.189. The maximum absolute atomic E-state index is 11.4. The number of hydrogen-bond acceptors (Lipinski definition) is 7. The number of benzene rings is 1. The molecule has 0 radical (unpaired) electrons. The molecule has 0 atom stereocenters. The van der Waals surface area contributed by atoms with Crippen molar-refractivity contribution in [1.82, 2.24) is 19.5 Å². The molecule has 0 saturated carbocycles. The quantitative estimate of drug-likeness (QED) is 0.643. The summed E-state index contributed by atoms with van der Waals surface area (Å²) in [4.78, 5) is 25.6. The van der Waals surface area contributed by atoms with Crippen LogP contribution in [0.2, 0.25) is 0 Å². The number of aromatic nitrogens is 4. The van der Waals surface area contributed by atoms with Crippen LogP contribution >= 0.6 is 0 Å². The zero-order chi connectivity index (χ0) is 21.5. The predicted molar refractivity (Wildman–Crippen MR) is 117 cm³/mol. The second kappa shape index (κ2) is 9.52. The first kappa shape index (κ1) is 20.8. The third-order valence-corrected chi connectivity index (χ3v) is 4.75. The lowest BCUT2D eigenvalue weighted by Crippen LogP contribution is -2.31. The fraction of sp³-hybridized carbons (Fsp3) is 0.286. The molecule has 1 amide bonds. The van der Waals surface area contributed by atoms with E-state index in [0.717, 1.165) is 35.8 Å². The van der Waals surface area contributed by atoms with Crippen LogP contribution in [-0.4, -0.2) is 38.5 Å². The Labute approximate surface area is 174 Å². The number of rotatable bonds is 3.